The van der Waals surface area contributed by atoms with Crippen molar-refractivity contribution >= 4 is 10.9 Å². The number of hydrogen-bond donors (Lipinski definition) is 3. The van der Waals surface area contributed by atoms with Crippen LogP contribution in [0.3, 0.4) is 0 Å². The lowest BCUT2D eigenvalue weighted by molar-refractivity contribution is 0.468. The van der Waals surface area contributed by atoms with E-state index in [0.717, 1.165) is 19.6 Å². The molecule has 0 amide bonds. The Morgan fingerprint density at radius 3 is 2.83 bits per heavy atom. The number of aromatic amines is 1. The highest BCUT2D eigenvalue weighted by Gasteiger charge is 2.40. The van der Waals surface area contributed by atoms with E-state index < -0.39 is 0 Å². The van der Waals surface area contributed by atoms with Gasteiger partial charge in [0.05, 0.1) is 0 Å². The molecule has 96 valence electrons. The summed E-state index contributed by atoms with van der Waals surface area (Å²) >= 11 is 0. The molecule has 0 radical (unpaired) electrons. The predicted octanol–water partition coefficient (Wildman–Crippen LogP) is 2.30. The van der Waals surface area contributed by atoms with Gasteiger partial charge in [-0.3, -0.25) is 0 Å². The van der Waals surface area contributed by atoms with E-state index in [-0.39, 0.29) is 0 Å². The molecule has 0 spiro atoms. The number of para-hydroxylation sites is 1. The Hall–Kier alpha value is -1.32. The number of nitrogens with two attached hydrogens (primary N) is 1. The molecule has 1 fully saturated rings. The normalized spacial score (nSPS) is 17.2. The van der Waals surface area contributed by atoms with Gasteiger partial charge in [-0.25, -0.2) is 0 Å². The number of rotatable bonds is 5. The zero-order valence-corrected chi connectivity index (χ0v) is 10.9. The molecule has 1 aliphatic rings. The topological polar surface area (TPSA) is 53.8 Å². The van der Waals surface area contributed by atoms with Gasteiger partial charge in [-0.2, -0.15) is 0 Å². The van der Waals surface area contributed by atoms with Gasteiger partial charge >= 0.3 is 0 Å². The van der Waals surface area contributed by atoms with Gasteiger partial charge in [0.25, 0.3) is 0 Å². The van der Waals surface area contributed by atoms with E-state index in [9.17, 15) is 0 Å². The average Bonchev–Trinajstić information content (AvgIpc) is 3.09. The van der Waals surface area contributed by atoms with Crippen LogP contribution in [0.25, 0.3) is 10.9 Å². The Balaban J connectivity index is 1.72. The van der Waals surface area contributed by atoms with Crippen LogP contribution < -0.4 is 11.1 Å². The standard InChI is InChI=1S/C15H21N3/c1-11-13(8-17-10-15(9-16)6-7-15)12-4-2-3-5-14(12)18-11/h2-5,17-18H,6-10,16H2,1H3. The van der Waals surface area contributed by atoms with Crippen molar-refractivity contribution in [3.8, 4) is 0 Å². The first-order valence-corrected chi connectivity index (χ1v) is 6.71. The van der Waals surface area contributed by atoms with E-state index in [2.05, 4.69) is 41.5 Å². The van der Waals surface area contributed by atoms with E-state index in [0.29, 0.717) is 5.41 Å². The van der Waals surface area contributed by atoms with Gasteiger partial charge < -0.3 is 16.0 Å². The lowest BCUT2D eigenvalue weighted by Crippen LogP contribution is -2.29. The van der Waals surface area contributed by atoms with Crippen LogP contribution in [0.4, 0.5) is 0 Å². The molecule has 1 aromatic heterocycles. The summed E-state index contributed by atoms with van der Waals surface area (Å²) in [4.78, 5) is 3.44. The third-order valence-corrected chi connectivity index (χ3v) is 4.22. The van der Waals surface area contributed by atoms with Crippen LogP contribution in [0, 0.1) is 12.3 Å². The number of aryl methyl sites for hydroxylation is 1. The molecule has 0 saturated heterocycles. The fraction of sp³-hybridized carbons (Fsp3) is 0.467. The van der Waals surface area contributed by atoms with Crippen molar-refractivity contribution in [2.24, 2.45) is 11.1 Å². The number of aromatic nitrogens is 1. The summed E-state index contributed by atoms with van der Waals surface area (Å²) < 4.78 is 0. The first-order valence-electron chi connectivity index (χ1n) is 6.71. The molecule has 1 heterocycles. The van der Waals surface area contributed by atoms with Gasteiger partial charge in [0.15, 0.2) is 0 Å². The Morgan fingerprint density at radius 2 is 2.11 bits per heavy atom. The lowest BCUT2D eigenvalue weighted by Gasteiger charge is -2.13. The van der Waals surface area contributed by atoms with Crippen molar-refractivity contribution in [2.75, 3.05) is 13.1 Å². The van der Waals surface area contributed by atoms with E-state index in [1.54, 1.807) is 0 Å². The second kappa shape index (κ2) is 4.41. The van der Waals surface area contributed by atoms with Crippen LogP contribution in [0.5, 0.6) is 0 Å². The minimum Gasteiger partial charge on any atom is -0.358 e. The second-order valence-electron chi connectivity index (χ2n) is 5.58. The molecule has 1 aromatic carbocycles. The van der Waals surface area contributed by atoms with E-state index >= 15 is 0 Å². The summed E-state index contributed by atoms with van der Waals surface area (Å²) in [6.07, 6.45) is 2.56. The van der Waals surface area contributed by atoms with Gasteiger partial charge in [-0.1, -0.05) is 18.2 Å². The number of benzene rings is 1. The quantitative estimate of drug-likeness (QED) is 0.754. The molecule has 2 aromatic rings. The maximum atomic E-state index is 5.80. The third-order valence-electron chi connectivity index (χ3n) is 4.22. The fourth-order valence-corrected chi connectivity index (χ4v) is 2.65. The third kappa shape index (κ3) is 2.04. The lowest BCUT2D eigenvalue weighted by atomic mass is 10.1. The molecule has 0 atom stereocenters. The monoisotopic (exact) mass is 243 g/mol. The van der Waals surface area contributed by atoms with E-state index in [1.165, 1.54) is 35.0 Å². The van der Waals surface area contributed by atoms with Gasteiger partial charge in [-0.05, 0) is 43.4 Å². The highest BCUT2D eigenvalue weighted by molar-refractivity contribution is 5.84. The zero-order valence-electron chi connectivity index (χ0n) is 10.9. The largest absolute Gasteiger partial charge is 0.358 e. The molecule has 0 aliphatic heterocycles. The Morgan fingerprint density at radius 1 is 1.33 bits per heavy atom. The van der Waals surface area contributed by atoms with Crippen LogP contribution in [-0.4, -0.2) is 18.1 Å². The van der Waals surface area contributed by atoms with Crippen LogP contribution in [0.1, 0.15) is 24.1 Å². The van der Waals surface area contributed by atoms with Crippen molar-refractivity contribution in [1.29, 1.82) is 0 Å². The predicted molar refractivity (Wildman–Crippen MR) is 75.5 cm³/mol. The molecule has 0 bridgehead atoms. The molecule has 3 nitrogen and oxygen atoms in total. The summed E-state index contributed by atoms with van der Waals surface area (Å²) in [5, 5.41) is 4.91. The molecule has 3 rings (SSSR count). The second-order valence-corrected chi connectivity index (χ2v) is 5.58. The molecule has 1 aliphatic carbocycles. The number of nitrogens with one attached hydrogen (secondary N) is 2. The minimum atomic E-state index is 0.403. The maximum Gasteiger partial charge on any atom is 0.0459 e. The van der Waals surface area contributed by atoms with Crippen molar-refractivity contribution < 1.29 is 0 Å². The van der Waals surface area contributed by atoms with Crippen LogP contribution in [0.15, 0.2) is 24.3 Å². The molecule has 3 heteroatoms. The van der Waals surface area contributed by atoms with E-state index in [1.807, 2.05) is 0 Å². The highest BCUT2D eigenvalue weighted by atomic mass is 14.9. The Labute approximate surface area is 108 Å². The smallest absolute Gasteiger partial charge is 0.0459 e. The number of hydrogen-bond acceptors (Lipinski definition) is 2. The van der Waals surface area contributed by atoms with Gasteiger partial charge in [0, 0.05) is 29.7 Å². The van der Waals surface area contributed by atoms with Crippen LogP contribution in [-0.2, 0) is 6.54 Å². The summed E-state index contributed by atoms with van der Waals surface area (Å²) in [5.74, 6) is 0. The number of H-pyrrole nitrogens is 1. The molecular weight excluding hydrogens is 222 g/mol. The van der Waals surface area contributed by atoms with Gasteiger partial charge in [-0.15, -0.1) is 0 Å². The highest BCUT2D eigenvalue weighted by Crippen LogP contribution is 2.43. The van der Waals surface area contributed by atoms with Crippen molar-refractivity contribution in [3.63, 3.8) is 0 Å². The summed E-state index contributed by atoms with van der Waals surface area (Å²) in [6.45, 7) is 4.93. The fourth-order valence-electron chi connectivity index (χ4n) is 2.65. The first kappa shape index (κ1) is 11.8. The molecule has 1 saturated carbocycles. The summed E-state index contributed by atoms with van der Waals surface area (Å²) in [6, 6.07) is 8.49. The molecule has 0 unspecified atom stereocenters. The van der Waals surface area contributed by atoms with E-state index in [4.69, 9.17) is 5.73 Å². The average molecular weight is 243 g/mol. The van der Waals surface area contributed by atoms with Crippen LogP contribution >= 0.6 is 0 Å². The van der Waals surface area contributed by atoms with Crippen molar-refractivity contribution in [1.82, 2.24) is 10.3 Å². The minimum absolute atomic E-state index is 0.403. The van der Waals surface area contributed by atoms with Crippen LogP contribution in [0.2, 0.25) is 0 Å². The Kier molecular flexibility index (Phi) is 2.88. The maximum absolute atomic E-state index is 5.80. The zero-order chi connectivity index (χ0) is 12.6. The number of fused-ring (bicyclic) bond motifs is 1. The SMILES string of the molecule is Cc1[nH]c2ccccc2c1CNCC1(CN)CC1. The van der Waals surface area contributed by atoms with Gasteiger partial charge in [0.1, 0.15) is 0 Å². The molecule has 4 N–H and O–H groups in total. The Bertz CT molecular complexity index is 552. The summed E-state index contributed by atoms with van der Waals surface area (Å²) in [7, 11) is 0. The molecular formula is C15H21N3. The van der Waals surface area contributed by atoms with Gasteiger partial charge in [0.2, 0.25) is 0 Å². The summed E-state index contributed by atoms with van der Waals surface area (Å²) in [5.41, 5.74) is 10.1. The molecule has 18 heavy (non-hydrogen) atoms. The van der Waals surface area contributed by atoms with Crippen molar-refractivity contribution in [3.05, 3.63) is 35.5 Å². The first-order chi connectivity index (χ1) is 8.74. The van der Waals surface area contributed by atoms with Crippen molar-refractivity contribution in [2.45, 2.75) is 26.3 Å².